The third kappa shape index (κ3) is 4.37. The Hall–Kier alpha value is -1.05. The summed E-state index contributed by atoms with van der Waals surface area (Å²) in [5.41, 5.74) is 7.31. The average molecular weight is 152 g/mol. The van der Waals surface area contributed by atoms with Gasteiger partial charge in [0.2, 0.25) is 0 Å². The van der Waals surface area contributed by atoms with Crippen LogP contribution < -0.4 is 5.73 Å². The van der Waals surface area contributed by atoms with Crippen LogP contribution in [-0.2, 0) is 0 Å². The van der Waals surface area contributed by atoms with E-state index in [9.17, 15) is 0 Å². The number of nitrogens with two attached hydrogens (primary N) is 1. The number of rotatable bonds is 3. The van der Waals surface area contributed by atoms with Gasteiger partial charge in [0.1, 0.15) is 0 Å². The number of hydrogen-bond donors (Lipinski definition) is 1. The van der Waals surface area contributed by atoms with Crippen LogP contribution in [0.3, 0.4) is 0 Å². The smallest absolute Gasteiger partial charge is 0.0598 e. The number of nitrogens with zero attached hydrogens (tertiary/aromatic N) is 1. The first-order chi connectivity index (χ1) is 5.22. The molecule has 0 rings (SSSR count). The van der Waals surface area contributed by atoms with Crippen LogP contribution in [0, 0.1) is 0 Å². The Balaban J connectivity index is 4.22. The van der Waals surface area contributed by atoms with Gasteiger partial charge in [-0.15, -0.1) is 0 Å². The highest BCUT2D eigenvalue weighted by Gasteiger charge is 1.90. The Labute approximate surface area is 68.5 Å². The first-order valence-electron chi connectivity index (χ1n) is 3.84. The van der Waals surface area contributed by atoms with Crippen molar-refractivity contribution in [1.29, 1.82) is 0 Å². The van der Waals surface area contributed by atoms with Gasteiger partial charge in [-0.3, -0.25) is 4.99 Å². The van der Waals surface area contributed by atoms with E-state index < -0.39 is 0 Å². The summed E-state index contributed by atoms with van der Waals surface area (Å²) >= 11 is 0. The molecule has 0 aromatic carbocycles. The lowest BCUT2D eigenvalue weighted by Crippen LogP contribution is -2.06. The highest BCUT2D eigenvalue weighted by atomic mass is 14.7. The maximum absolute atomic E-state index is 5.66. The highest BCUT2D eigenvalue weighted by Crippen LogP contribution is 1.92. The largest absolute Gasteiger partial charge is 0.398 e. The van der Waals surface area contributed by atoms with Gasteiger partial charge in [-0.2, -0.15) is 0 Å². The lowest BCUT2D eigenvalue weighted by Gasteiger charge is -1.96. The summed E-state index contributed by atoms with van der Waals surface area (Å²) in [6.07, 6.45) is 6.53. The summed E-state index contributed by atoms with van der Waals surface area (Å²) in [6.45, 7) is 5.88. The molecule has 0 aromatic rings. The van der Waals surface area contributed by atoms with Crippen molar-refractivity contribution in [3.8, 4) is 0 Å². The Bertz CT molecular complexity index is 188. The van der Waals surface area contributed by atoms with E-state index in [0.717, 1.165) is 17.8 Å². The fourth-order valence-electron chi connectivity index (χ4n) is 0.628. The van der Waals surface area contributed by atoms with Crippen molar-refractivity contribution in [2.24, 2.45) is 10.7 Å². The number of aliphatic imine (C=N–C) groups is 1. The van der Waals surface area contributed by atoms with Crippen LogP contribution in [-0.4, -0.2) is 5.71 Å². The second-order valence-electron chi connectivity index (χ2n) is 2.26. The first-order valence-corrected chi connectivity index (χ1v) is 3.84. The lowest BCUT2D eigenvalue weighted by molar-refractivity contribution is 1.19. The monoisotopic (exact) mass is 152 g/mol. The fourth-order valence-corrected chi connectivity index (χ4v) is 0.628. The molecule has 0 saturated heterocycles. The molecule has 0 aliphatic heterocycles. The van der Waals surface area contributed by atoms with E-state index in [2.05, 4.69) is 11.9 Å². The topological polar surface area (TPSA) is 38.4 Å². The molecule has 0 saturated carbocycles. The van der Waals surface area contributed by atoms with Crippen molar-refractivity contribution in [1.82, 2.24) is 0 Å². The minimum atomic E-state index is 0.769. The van der Waals surface area contributed by atoms with Crippen molar-refractivity contribution in [2.45, 2.75) is 27.2 Å². The molecule has 0 radical (unpaired) electrons. The molecule has 0 bridgehead atoms. The first kappa shape index (κ1) is 9.95. The minimum absolute atomic E-state index is 0.769. The molecule has 0 aromatic heterocycles. The maximum Gasteiger partial charge on any atom is 0.0598 e. The van der Waals surface area contributed by atoms with Gasteiger partial charge >= 0.3 is 0 Å². The summed E-state index contributed by atoms with van der Waals surface area (Å²) < 4.78 is 0. The third-order valence-corrected chi connectivity index (χ3v) is 1.26. The van der Waals surface area contributed by atoms with E-state index in [0.29, 0.717) is 0 Å². The van der Waals surface area contributed by atoms with Crippen molar-refractivity contribution >= 4 is 5.71 Å². The summed E-state index contributed by atoms with van der Waals surface area (Å²) in [6, 6.07) is 0. The van der Waals surface area contributed by atoms with E-state index in [-0.39, 0.29) is 0 Å². The van der Waals surface area contributed by atoms with E-state index in [1.54, 1.807) is 6.20 Å². The zero-order valence-corrected chi connectivity index (χ0v) is 7.46. The van der Waals surface area contributed by atoms with Gasteiger partial charge in [0.15, 0.2) is 0 Å². The van der Waals surface area contributed by atoms with E-state index in [4.69, 9.17) is 5.73 Å². The average Bonchev–Trinajstić information content (AvgIpc) is 2.00. The van der Waals surface area contributed by atoms with Gasteiger partial charge < -0.3 is 5.73 Å². The Morgan fingerprint density at radius 2 is 2.18 bits per heavy atom. The lowest BCUT2D eigenvalue weighted by atomic mass is 10.2. The molecule has 2 N–H and O–H groups in total. The molecule has 0 amide bonds. The zero-order chi connectivity index (χ0) is 8.69. The molecule has 2 nitrogen and oxygen atoms in total. The van der Waals surface area contributed by atoms with Gasteiger partial charge in [0.25, 0.3) is 0 Å². The molecule has 0 heterocycles. The van der Waals surface area contributed by atoms with Gasteiger partial charge in [-0.25, -0.2) is 0 Å². The van der Waals surface area contributed by atoms with E-state index in [1.165, 1.54) is 0 Å². The summed E-state index contributed by atoms with van der Waals surface area (Å²) in [4.78, 5) is 4.10. The molecule has 0 aliphatic rings. The van der Waals surface area contributed by atoms with Crippen molar-refractivity contribution in [3.05, 3.63) is 24.0 Å². The molecule has 0 unspecified atom stereocenters. The molecule has 62 valence electrons. The van der Waals surface area contributed by atoms with Gasteiger partial charge in [-0.05, 0) is 20.3 Å². The van der Waals surface area contributed by atoms with Crippen LogP contribution in [0.4, 0.5) is 0 Å². The van der Waals surface area contributed by atoms with Gasteiger partial charge in [0.05, 0.1) is 5.71 Å². The van der Waals surface area contributed by atoms with E-state index in [1.807, 2.05) is 26.0 Å². The molecule has 0 spiro atoms. The highest BCUT2D eigenvalue weighted by molar-refractivity contribution is 5.97. The Morgan fingerprint density at radius 1 is 1.55 bits per heavy atom. The van der Waals surface area contributed by atoms with Gasteiger partial charge in [0, 0.05) is 11.9 Å². The normalized spacial score (nSPS) is 14.5. The maximum atomic E-state index is 5.66. The summed E-state index contributed by atoms with van der Waals surface area (Å²) in [7, 11) is 0. The van der Waals surface area contributed by atoms with Crippen LogP contribution in [0.15, 0.2) is 29.0 Å². The van der Waals surface area contributed by atoms with Crippen molar-refractivity contribution in [2.75, 3.05) is 0 Å². The molecule has 0 aliphatic carbocycles. The van der Waals surface area contributed by atoms with E-state index >= 15 is 0 Å². The molecular formula is C9H16N2. The SMILES string of the molecule is C\C=C/N=C(C)/C(N)=C/CC. The van der Waals surface area contributed by atoms with Crippen LogP contribution in [0.2, 0.25) is 0 Å². The molecule has 11 heavy (non-hydrogen) atoms. The van der Waals surface area contributed by atoms with Crippen molar-refractivity contribution < 1.29 is 0 Å². The van der Waals surface area contributed by atoms with Crippen molar-refractivity contribution in [3.63, 3.8) is 0 Å². The molecule has 2 heteroatoms. The predicted molar refractivity (Wildman–Crippen MR) is 50.5 cm³/mol. The standard InChI is InChI=1S/C9H16N2/c1-4-6-9(10)8(3)11-7-5-2/h5-7H,4,10H2,1-3H3/b7-5-,9-6-,11-8+. The molecule has 0 atom stereocenters. The Kier molecular flexibility index (Phi) is 5.17. The zero-order valence-electron chi connectivity index (χ0n) is 7.46. The minimum Gasteiger partial charge on any atom is -0.398 e. The fraction of sp³-hybridized carbons (Fsp3) is 0.444. The number of hydrogen-bond acceptors (Lipinski definition) is 2. The third-order valence-electron chi connectivity index (χ3n) is 1.26. The van der Waals surface area contributed by atoms with Crippen LogP contribution in [0.5, 0.6) is 0 Å². The number of allylic oxidation sites excluding steroid dienone is 3. The summed E-state index contributed by atoms with van der Waals surface area (Å²) in [5.74, 6) is 0. The van der Waals surface area contributed by atoms with Gasteiger partial charge in [-0.1, -0.05) is 19.1 Å². The molecular weight excluding hydrogens is 136 g/mol. The summed E-state index contributed by atoms with van der Waals surface area (Å²) in [5, 5.41) is 0. The predicted octanol–water partition coefficient (Wildman–Crippen LogP) is 2.23. The van der Waals surface area contributed by atoms with Crippen LogP contribution >= 0.6 is 0 Å². The van der Waals surface area contributed by atoms with Crippen LogP contribution in [0.25, 0.3) is 0 Å². The second-order valence-corrected chi connectivity index (χ2v) is 2.26. The Morgan fingerprint density at radius 3 is 2.64 bits per heavy atom. The van der Waals surface area contributed by atoms with Crippen LogP contribution in [0.1, 0.15) is 27.2 Å². The molecule has 0 fully saturated rings. The second kappa shape index (κ2) is 5.71. The quantitative estimate of drug-likeness (QED) is 0.619.